The Morgan fingerprint density at radius 3 is 3.20 bits per heavy atom. The molecule has 2 rings (SSSR count). The number of rotatable bonds is 2. The van der Waals surface area contributed by atoms with Gasteiger partial charge in [0.05, 0.1) is 12.3 Å². The molecule has 0 amide bonds. The first kappa shape index (κ1) is 10.7. The molecule has 2 unspecified atom stereocenters. The zero-order chi connectivity index (χ0) is 10.7. The molecule has 1 N–H and O–H groups in total. The standard InChI is InChI=1S/C12H20N2O/c1-10-9-14(7-4-6-13-10)11(2)12-5-3-8-15-12/h3,5,8,10-11,13H,4,6-7,9H2,1-2H3. The average molecular weight is 208 g/mol. The van der Waals surface area contributed by atoms with Crippen LogP contribution in [0.15, 0.2) is 22.8 Å². The fraction of sp³-hybridized carbons (Fsp3) is 0.667. The second-order valence-electron chi connectivity index (χ2n) is 4.40. The summed E-state index contributed by atoms with van der Waals surface area (Å²) in [6.45, 7) is 7.84. The fourth-order valence-electron chi connectivity index (χ4n) is 2.20. The minimum atomic E-state index is 0.391. The lowest BCUT2D eigenvalue weighted by molar-refractivity contribution is 0.188. The van der Waals surface area contributed by atoms with Crippen LogP contribution in [0.25, 0.3) is 0 Å². The van der Waals surface area contributed by atoms with Crippen molar-refractivity contribution in [1.82, 2.24) is 10.2 Å². The van der Waals surface area contributed by atoms with Gasteiger partial charge in [-0.05, 0) is 38.9 Å². The van der Waals surface area contributed by atoms with E-state index in [9.17, 15) is 0 Å². The summed E-state index contributed by atoms with van der Waals surface area (Å²) in [5.74, 6) is 1.07. The van der Waals surface area contributed by atoms with Crippen molar-refractivity contribution >= 4 is 0 Å². The molecule has 2 heterocycles. The number of nitrogens with one attached hydrogen (secondary N) is 1. The van der Waals surface area contributed by atoms with Gasteiger partial charge in [0.2, 0.25) is 0 Å². The molecule has 0 bridgehead atoms. The van der Waals surface area contributed by atoms with Gasteiger partial charge in [-0.25, -0.2) is 0 Å². The van der Waals surface area contributed by atoms with Crippen LogP contribution in [-0.2, 0) is 0 Å². The summed E-state index contributed by atoms with van der Waals surface area (Å²) in [7, 11) is 0. The Balaban J connectivity index is 2.02. The number of hydrogen-bond acceptors (Lipinski definition) is 3. The SMILES string of the molecule is CC1CN(C(C)c2ccco2)CCCN1. The van der Waals surface area contributed by atoms with E-state index in [1.54, 1.807) is 6.26 Å². The van der Waals surface area contributed by atoms with Crippen molar-refractivity contribution in [3.8, 4) is 0 Å². The highest BCUT2D eigenvalue weighted by molar-refractivity contribution is 5.03. The summed E-state index contributed by atoms with van der Waals surface area (Å²) in [5.41, 5.74) is 0. The highest BCUT2D eigenvalue weighted by Gasteiger charge is 2.21. The van der Waals surface area contributed by atoms with Crippen LogP contribution in [0.1, 0.15) is 32.1 Å². The Bertz CT molecular complexity index is 284. The van der Waals surface area contributed by atoms with Crippen LogP contribution < -0.4 is 5.32 Å². The molecule has 1 aliphatic rings. The third kappa shape index (κ3) is 2.61. The maximum absolute atomic E-state index is 5.46. The van der Waals surface area contributed by atoms with Crippen molar-refractivity contribution in [2.45, 2.75) is 32.4 Å². The van der Waals surface area contributed by atoms with E-state index >= 15 is 0 Å². The monoisotopic (exact) mass is 208 g/mol. The van der Waals surface area contributed by atoms with Gasteiger partial charge < -0.3 is 9.73 Å². The number of nitrogens with zero attached hydrogens (tertiary/aromatic N) is 1. The fourth-order valence-corrected chi connectivity index (χ4v) is 2.20. The lowest BCUT2D eigenvalue weighted by Gasteiger charge is -2.27. The van der Waals surface area contributed by atoms with E-state index in [2.05, 4.69) is 30.1 Å². The van der Waals surface area contributed by atoms with E-state index in [0.717, 1.165) is 25.4 Å². The van der Waals surface area contributed by atoms with Gasteiger partial charge in [-0.2, -0.15) is 0 Å². The zero-order valence-electron chi connectivity index (χ0n) is 9.57. The molecule has 0 aliphatic carbocycles. The van der Waals surface area contributed by atoms with Crippen LogP contribution in [-0.4, -0.2) is 30.6 Å². The first-order chi connectivity index (χ1) is 7.27. The van der Waals surface area contributed by atoms with E-state index in [4.69, 9.17) is 4.42 Å². The highest BCUT2D eigenvalue weighted by atomic mass is 16.3. The average Bonchev–Trinajstić information content (AvgIpc) is 2.67. The van der Waals surface area contributed by atoms with Crippen molar-refractivity contribution < 1.29 is 4.42 Å². The number of hydrogen-bond donors (Lipinski definition) is 1. The third-order valence-corrected chi connectivity index (χ3v) is 3.13. The maximum atomic E-state index is 5.46. The number of furan rings is 1. The summed E-state index contributed by atoms with van der Waals surface area (Å²) in [6, 6.07) is 4.99. The Kier molecular flexibility index (Phi) is 3.44. The molecule has 0 saturated carbocycles. The van der Waals surface area contributed by atoms with Gasteiger partial charge in [0, 0.05) is 19.1 Å². The molecule has 3 heteroatoms. The van der Waals surface area contributed by atoms with E-state index in [0.29, 0.717) is 12.1 Å². The normalized spacial score (nSPS) is 26.1. The molecule has 1 aromatic heterocycles. The molecule has 1 fully saturated rings. The summed E-state index contributed by atoms with van der Waals surface area (Å²) >= 11 is 0. The lowest BCUT2D eigenvalue weighted by Crippen LogP contribution is -2.36. The van der Waals surface area contributed by atoms with Crippen molar-refractivity contribution in [1.29, 1.82) is 0 Å². The van der Waals surface area contributed by atoms with Gasteiger partial charge >= 0.3 is 0 Å². The van der Waals surface area contributed by atoms with Gasteiger partial charge in [-0.15, -0.1) is 0 Å². The lowest BCUT2D eigenvalue weighted by atomic mass is 10.2. The first-order valence-electron chi connectivity index (χ1n) is 5.78. The third-order valence-electron chi connectivity index (χ3n) is 3.13. The molecule has 1 aromatic rings. The van der Waals surface area contributed by atoms with E-state index in [1.165, 1.54) is 6.42 Å². The van der Waals surface area contributed by atoms with Crippen molar-refractivity contribution in [2.75, 3.05) is 19.6 Å². The molecule has 1 aliphatic heterocycles. The van der Waals surface area contributed by atoms with Crippen molar-refractivity contribution in [2.24, 2.45) is 0 Å². The highest BCUT2D eigenvalue weighted by Crippen LogP contribution is 2.21. The summed E-state index contributed by atoms with van der Waals surface area (Å²) in [4.78, 5) is 2.49. The predicted molar refractivity (Wildman–Crippen MR) is 60.8 cm³/mol. The molecule has 0 radical (unpaired) electrons. The molecule has 1 saturated heterocycles. The van der Waals surface area contributed by atoms with Crippen molar-refractivity contribution in [3.05, 3.63) is 24.2 Å². The molecule has 84 valence electrons. The maximum Gasteiger partial charge on any atom is 0.120 e. The van der Waals surface area contributed by atoms with Gasteiger partial charge in [0.1, 0.15) is 5.76 Å². The molecule has 0 spiro atoms. The minimum Gasteiger partial charge on any atom is -0.468 e. The molecule has 15 heavy (non-hydrogen) atoms. The van der Waals surface area contributed by atoms with Crippen molar-refractivity contribution in [3.63, 3.8) is 0 Å². The minimum absolute atomic E-state index is 0.391. The van der Waals surface area contributed by atoms with Crippen LogP contribution in [0.2, 0.25) is 0 Å². The molecular weight excluding hydrogens is 188 g/mol. The van der Waals surface area contributed by atoms with Crippen LogP contribution in [0.4, 0.5) is 0 Å². The summed E-state index contributed by atoms with van der Waals surface area (Å²) < 4.78 is 5.46. The quantitative estimate of drug-likeness (QED) is 0.806. The molecule has 2 atom stereocenters. The Labute approximate surface area is 91.4 Å². The first-order valence-corrected chi connectivity index (χ1v) is 5.78. The molecule has 0 aromatic carbocycles. The molecular formula is C12H20N2O. The van der Waals surface area contributed by atoms with E-state index < -0.39 is 0 Å². The zero-order valence-corrected chi connectivity index (χ0v) is 9.57. The van der Waals surface area contributed by atoms with E-state index in [1.807, 2.05) is 6.07 Å². The van der Waals surface area contributed by atoms with Crippen LogP contribution in [0.3, 0.4) is 0 Å². The second-order valence-corrected chi connectivity index (χ2v) is 4.40. The largest absolute Gasteiger partial charge is 0.468 e. The van der Waals surface area contributed by atoms with Crippen LogP contribution in [0, 0.1) is 0 Å². The van der Waals surface area contributed by atoms with E-state index in [-0.39, 0.29) is 0 Å². The Morgan fingerprint density at radius 2 is 2.47 bits per heavy atom. The summed E-state index contributed by atoms with van der Waals surface area (Å²) in [5, 5.41) is 3.50. The van der Waals surface area contributed by atoms with Crippen LogP contribution >= 0.6 is 0 Å². The van der Waals surface area contributed by atoms with Gasteiger partial charge in [-0.3, -0.25) is 4.90 Å². The predicted octanol–water partition coefficient (Wildman–Crippen LogP) is 2.02. The topological polar surface area (TPSA) is 28.4 Å². The smallest absolute Gasteiger partial charge is 0.120 e. The molecule has 3 nitrogen and oxygen atoms in total. The Hall–Kier alpha value is -0.800. The van der Waals surface area contributed by atoms with Crippen LogP contribution in [0.5, 0.6) is 0 Å². The Morgan fingerprint density at radius 1 is 1.60 bits per heavy atom. The summed E-state index contributed by atoms with van der Waals surface area (Å²) in [6.07, 6.45) is 2.97. The van der Waals surface area contributed by atoms with Gasteiger partial charge in [0.15, 0.2) is 0 Å². The van der Waals surface area contributed by atoms with Gasteiger partial charge in [-0.1, -0.05) is 0 Å². The van der Waals surface area contributed by atoms with Gasteiger partial charge in [0.25, 0.3) is 0 Å². The second kappa shape index (κ2) is 4.81.